The lowest BCUT2D eigenvalue weighted by molar-refractivity contribution is -0.129. The Kier molecular flexibility index (Phi) is 7.09. The fourth-order valence-corrected chi connectivity index (χ4v) is 3.73. The van der Waals surface area contributed by atoms with E-state index in [-0.39, 0.29) is 5.92 Å². The van der Waals surface area contributed by atoms with Crippen LogP contribution in [-0.2, 0) is 15.9 Å². The van der Waals surface area contributed by atoms with E-state index in [1.165, 1.54) is 5.56 Å². The first-order valence-corrected chi connectivity index (χ1v) is 9.75. The highest BCUT2D eigenvalue weighted by Gasteiger charge is 2.31. The monoisotopic (exact) mass is 312 g/mol. The predicted molar refractivity (Wildman–Crippen MR) is 85.1 cm³/mol. The van der Waals surface area contributed by atoms with Crippen molar-refractivity contribution in [2.75, 3.05) is 19.9 Å². The fraction of sp³-hybridized carbons (Fsp3) is 0.533. The van der Waals surface area contributed by atoms with Crippen molar-refractivity contribution >= 4 is 13.0 Å². The highest BCUT2D eigenvalue weighted by Crippen LogP contribution is 2.45. The van der Waals surface area contributed by atoms with E-state index in [2.05, 4.69) is 5.32 Å². The minimum Gasteiger partial charge on any atom is -0.323 e. The molecule has 1 aromatic carbocycles. The highest BCUT2D eigenvalue weighted by atomic mass is 31.2. The summed E-state index contributed by atoms with van der Waals surface area (Å²) >= 11 is 0. The van der Waals surface area contributed by atoms with E-state index in [0.29, 0.717) is 6.42 Å². The van der Waals surface area contributed by atoms with Crippen LogP contribution in [-0.4, -0.2) is 36.6 Å². The quantitative estimate of drug-likeness (QED) is 0.391. The highest BCUT2D eigenvalue weighted by molar-refractivity contribution is 7.64. The normalized spacial score (nSPS) is 14.5. The average molecular weight is 312 g/mol. The maximum absolute atomic E-state index is 12.2. The molecule has 0 saturated carbocycles. The molecule has 1 rings (SSSR count). The van der Waals surface area contributed by atoms with Gasteiger partial charge in [0, 0.05) is 6.54 Å². The van der Waals surface area contributed by atoms with Crippen molar-refractivity contribution in [3.8, 4) is 0 Å². The lowest BCUT2D eigenvalue weighted by Gasteiger charge is -2.23. The molecule has 0 radical (unpaired) electrons. The Hall–Kier alpha value is -1.16. The molecule has 0 aliphatic heterocycles. The summed E-state index contributed by atoms with van der Waals surface area (Å²) in [6.45, 7) is 6.65. The third-order valence-electron chi connectivity index (χ3n) is 3.45. The molecule has 3 N–H and O–H groups in total. The molecule has 0 aliphatic rings. The van der Waals surface area contributed by atoms with Gasteiger partial charge in [-0.2, -0.15) is 0 Å². The zero-order valence-electron chi connectivity index (χ0n) is 12.9. The van der Waals surface area contributed by atoms with Crippen LogP contribution in [0, 0.1) is 5.92 Å². The van der Waals surface area contributed by atoms with Gasteiger partial charge in [0.15, 0.2) is 0 Å². The van der Waals surface area contributed by atoms with E-state index in [0.717, 1.165) is 13.1 Å². The Morgan fingerprint density at radius 3 is 2.43 bits per heavy atom. The number of hydroxylamine groups is 1. The number of carbonyl (C=O) groups is 1. The van der Waals surface area contributed by atoms with Crippen LogP contribution in [0.1, 0.15) is 18.9 Å². The van der Waals surface area contributed by atoms with Gasteiger partial charge in [-0.3, -0.25) is 10.0 Å². The van der Waals surface area contributed by atoms with Gasteiger partial charge in [-0.05, 0) is 37.8 Å². The predicted octanol–water partition coefficient (Wildman–Crippen LogP) is 2.30. The standard InChI is InChI=1S/C15H25N2O3P/c1-12(9-14(15(18)17-19)21(2,3)20)10-16-11-13-7-5-4-6-8-13/h4-8,12,14,16,19H,9-11H2,1-3H3,(H,17,18). The molecular formula is C15H25N2O3P. The van der Waals surface area contributed by atoms with Gasteiger partial charge in [-0.15, -0.1) is 0 Å². The third-order valence-corrected chi connectivity index (χ3v) is 5.40. The molecule has 2 unspecified atom stereocenters. The van der Waals surface area contributed by atoms with Crippen LogP contribution in [0.25, 0.3) is 0 Å². The van der Waals surface area contributed by atoms with Crippen LogP contribution in [0.5, 0.6) is 0 Å². The van der Waals surface area contributed by atoms with Gasteiger partial charge in [0.05, 0.1) is 12.8 Å². The summed E-state index contributed by atoms with van der Waals surface area (Å²) in [6, 6.07) is 10.1. The second-order valence-electron chi connectivity index (χ2n) is 5.88. The van der Waals surface area contributed by atoms with Gasteiger partial charge >= 0.3 is 0 Å². The molecule has 0 spiro atoms. The largest absolute Gasteiger partial charge is 0.323 e. The first-order valence-electron chi connectivity index (χ1n) is 7.08. The van der Waals surface area contributed by atoms with Gasteiger partial charge < -0.3 is 9.88 Å². The molecule has 0 bridgehead atoms. The van der Waals surface area contributed by atoms with Crippen LogP contribution >= 0.6 is 7.14 Å². The van der Waals surface area contributed by atoms with Crippen molar-refractivity contribution in [2.45, 2.75) is 25.5 Å². The van der Waals surface area contributed by atoms with Crippen molar-refractivity contribution in [3.05, 3.63) is 35.9 Å². The van der Waals surface area contributed by atoms with Gasteiger partial charge in [0.25, 0.3) is 5.91 Å². The molecule has 1 amide bonds. The number of hydrogen-bond donors (Lipinski definition) is 3. The molecule has 21 heavy (non-hydrogen) atoms. The van der Waals surface area contributed by atoms with Gasteiger partial charge in [0.2, 0.25) is 0 Å². The number of rotatable bonds is 8. The van der Waals surface area contributed by atoms with E-state index < -0.39 is 18.7 Å². The summed E-state index contributed by atoms with van der Waals surface area (Å²) in [4.78, 5) is 11.6. The molecule has 0 saturated heterocycles. The Bertz CT molecular complexity index is 487. The minimum absolute atomic E-state index is 0.184. The zero-order valence-corrected chi connectivity index (χ0v) is 13.8. The summed E-state index contributed by atoms with van der Waals surface area (Å²) in [5.74, 6) is -0.373. The SMILES string of the molecule is CC(CNCc1ccccc1)CC(C(=O)NO)P(C)(C)=O. The molecule has 5 nitrogen and oxygen atoms in total. The van der Waals surface area contributed by atoms with Crippen molar-refractivity contribution in [3.63, 3.8) is 0 Å². The number of nitrogens with one attached hydrogen (secondary N) is 2. The number of carbonyl (C=O) groups excluding carboxylic acids is 1. The summed E-state index contributed by atoms with van der Waals surface area (Å²) in [6.07, 6.45) is 0.485. The molecule has 1 aromatic rings. The Morgan fingerprint density at radius 2 is 1.90 bits per heavy atom. The van der Waals surface area contributed by atoms with Crippen LogP contribution in [0.15, 0.2) is 30.3 Å². The van der Waals surface area contributed by atoms with E-state index in [9.17, 15) is 9.36 Å². The van der Waals surface area contributed by atoms with Crippen LogP contribution in [0.2, 0.25) is 0 Å². The van der Waals surface area contributed by atoms with E-state index in [4.69, 9.17) is 5.21 Å². The fourth-order valence-electron chi connectivity index (χ4n) is 2.24. The summed E-state index contributed by atoms with van der Waals surface area (Å²) in [5, 5.41) is 12.1. The number of amides is 1. The lowest BCUT2D eigenvalue weighted by Crippen LogP contribution is -2.35. The van der Waals surface area contributed by atoms with Crippen molar-refractivity contribution < 1.29 is 14.6 Å². The average Bonchev–Trinajstić information content (AvgIpc) is 2.44. The molecule has 0 fully saturated rings. The number of hydrogen-bond acceptors (Lipinski definition) is 4. The van der Waals surface area contributed by atoms with Crippen molar-refractivity contribution in [2.24, 2.45) is 5.92 Å². The van der Waals surface area contributed by atoms with Crippen LogP contribution in [0.4, 0.5) is 0 Å². The third kappa shape index (κ3) is 6.42. The van der Waals surface area contributed by atoms with Crippen molar-refractivity contribution in [1.29, 1.82) is 0 Å². The maximum Gasteiger partial charge on any atom is 0.253 e. The summed E-state index contributed by atoms with van der Waals surface area (Å²) in [5.41, 5.74) is 2.18. The topological polar surface area (TPSA) is 78.4 Å². The molecule has 0 heterocycles. The first kappa shape index (κ1) is 17.9. The number of benzene rings is 1. The van der Waals surface area contributed by atoms with E-state index in [1.807, 2.05) is 37.3 Å². The van der Waals surface area contributed by atoms with Gasteiger partial charge in [0.1, 0.15) is 0 Å². The van der Waals surface area contributed by atoms with Crippen LogP contribution in [0.3, 0.4) is 0 Å². The molecule has 6 heteroatoms. The van der Waals surface area contributed by atoms with Gasteiger partial charge in [-0.1, -0.05) is 37.3 Å². The Morgan fingerprint density at radius 1 is 1.29 bits per heavy atom. The van der Waals surface area contributed by atoms with E-state index >= 15 is 0 Å². The summed E-state index contributed by atoms with van der Waals surface area (Å²) < 4.78 is 12.2. The van der Waals surface area contributed by atoms with E-state index in [1.54, 1.807) is 18.8 Å². The zero-order chi connectivity index (χ0) is 15.9. The van der Waals surface area contributed by atoms with Crippen molar-refractivity contribution in [1.82, 2.24) is 10.8 Å². The van der Waals surface area contributed by atoms with Crippen LogP contribution < -0.4 is 10.8 Å². The molecule has 0 aliphatic carbocycles. The smallest absolute Gasteiger partial charge is 0.253 e. The second-order valence-corrected chi connectivity index (χ2v) is 9.38. The molecule has 0 aromatic heterocycles. The summed E-state index contributed by atoms with van der Waals surface area (Å²) in [7, 11) is -2.59. The van der Waals surface area contributed by atoms with Gasteiger partial charge in [-0.25, -0.2) is 5.48 Å². The minimum atomic E-state index is -2.59. The molecule has 2 atom stereocenters. The molecular weight excluding hydrogens is 287 g/mol. The lowest BCUT2D eigenvalue weighted by atomic mass is 10.0. The second kappa shape index (κ2) is 8.32. The Balaban J connectivity index is 2.45. The molecule has 118 valence electrons. The maximum atomic E-state index is 12.2. The Labute approximate surface area is 126 Å². The first-order chi connectivity index (χ1) is 9.84.